The standard InChI is InChI=1S/C17H14N4O2S2/c22-16(12-10-13(23-21-12)15-6-3-9-24-15)18-7-8-19-17-20-11-4-1-2-5-14(11)25-17/h1-6,9-10H,7-8H2,(H,18,22)(H,19,20). The van der Waals surface area contributed by atoms with Crippen LogP contribution >= 0.6 is 22.7 Å². The SMILES string of the molecule is O=C(NCCNc1nc2ccccc2s1)c1cc(-c2cccs2)on1. The van der Waals surface area contributed by atoms with Gasteiger partial charge in [-0.2, -0.15) is 0 Å². The van der Waals surface area contributed by atoms with E-state index in [-0.39, 0.29) is 11.6 Å². The Kier molecular flexibility index (Phi) is 4.45. The van der Waals surface area contributed by atoms with Gasteiger partial charge < -0.3 is 15.2 Å². The molecule has 25 heavy (non-hydrogen) atoms. The van der Waals surface area contributed by atoms with E-state index in [1.807, 2.05) is 41.8 Å². The van der Waals surface area contributed by atoms with Gasteiger partial charge in [-0.15, -0.1) is 11.3 Å². The zero-order valence-electron chi connectivity index (χ0n) is 13.1. The number of benzene rings is 1. The fourth-order valence-electron chi connectivity index (χ4n) is 2.30. The summed E-state index contributed by atoms with van der Waals surface area (Å²) >= 11 is 3.13. The van der Waals surface area contributed by atoms with Crippen LogP contribution in [0.15, 0.2) is 52.4 Å². The van der Waals surface area contributed by atoms with Crippen LogP contribution in [-0.4, -0.2) is 29.1 Å². The molecule has 1 amide bonds. The summed E-state index contributed by atoms with van der Waals surface area (Å²) in [6.07, 6.45) is 0. The Labute approximate surface area is 151 Å². The lowest BCUT2D eigenvalue weighted by Crippen LogP contribution is -2.28. The maximum Gasteiger partial charge on any atom is 0.273 e. The first-order valence-corrected chi connectivity index (χ1v) is 9.37. The van der Waals surface area contributed by atoms with Gasteiger partial charge in [-0.05, 0) is 23.6 Å². The van der Waals surface area contributed by atoms with Crippen LogP contribution in [0.1, 0.15) is 10.5 Å². The predicted octanol–water partition coefficient (Wildman–Crippen LogP) is 3.85. The minimum atomic E-state index is -0.252. The van der Waals surface area contributed by atoms with Crippen molar-refractivity contribution in [2.24, 2.45) is 0 Å². The van der Waals surface area contributed by atoms with E-state index in [0.717, 1.165) is 20.2 Å². The molecule has 2 N–H and O–H groups in total. The minimum absolute atomic E-state index is 0.252. The second kappa shape index (κ2) is 7.04. The Hall–Kier alpha value is -2.71. The van der Waals surface area contributed by atoms with Crippen LogP contribution in [0.2, 0.25) is 0 Å². The molecular weight excluding hydrogens is 356 g/mol. The number of rotatable bonds is 6. The molecule has 0 unspecified atom stereocenters. The second-order valence-corrected chi connectivity index (χ2v) is 7.20. The zero-order valence-corrected chi connectivity index (χ0v) is 14.7. The second-order valence-electron chi connectivity index (χ2n) is 5.22. The van der Waals surface area contributed by atoms with Crippen LogP contribution in [0.5, 0.6) is 0 Å². The quantitative estimate of drug-likeness (QED) is 0.504. The molecule has 4 aromatic rings. The number of carbonyl (C=O) groups excluding carboxylic acids is 1. The summed E-state index contributed by atoms with van der Waals surface area (Å²) in [6.45, 7) is 1.05. The molecule has 3 aromatic heterocycles. The normalized spacial score (nSPS) is 10.9. The molecule has 0 saturated heterocycles. The number of thiophene rings is 1. The van der Waals surface area contributed by atoms with E-state index < -0.39 is 0 Å². The van der Waals surface area contributed by atoms with Gasteiger partial charge in [0.1, 0.15) is 0 Å². The minimum Gasteiger partial charge on any atom is -0.360 e. The summed E-state index contributed by atoms with van der Waals surface area (Å²) in [5.41, 5.74) is 1.26. The maximum absolute atomic E-state index is 12.1. The van der Waals surface area contributed by atoms with Crippen molar-refractivity contribution >= 4 is 43.9 Å². The topological polar surface area (TPSA) is 80.0 Å². The van der Waals surface area contributed by atoms with Crippen LogP contribution in [0, 0.1) is 0 Å². The van der Waals surface area contributed by atoms with Gasteiger partial charge >= 0.3 is 0 Å². The first-order valence-electron chi connectivity index (χ1n) is 7.68. The molecule has 0 fully saturated rings. The number of nitrogens with zero attached hydrogens (tertiary/aromatic N) is 2. The molecule has 0 saturated carbocycles. The lowest BCUT2D eigenvalue weighted by molar-refractivity contribution is 0.0946. The van der Waals surface area contributed by atoms with Gasteiger partial charge in [0.2, 0.25) is 0 Å². The molecule has 0 aliphatic rings. The van der Waals surface area contributed by atoms with Crippen molar-refractivity contribution in [2.45, 2.75) is 0 Å². The molecule has 0 aliphatic heterocycles. The fraction of sp³-hybridized carbons (Fsp3) is 0.118. The van der Waals surface area contributed by atoms with Crippen LogP contribution in [0.4, 0.5) is 5.13 Å². The first kappa shape index (κ1) is 15.8. The lowest BCUT2D eigenvalue weighted by Gasteiger charge is -2.03. The monoisotopic (exact) mass is 370 g/mol. The number of nitrogens with one attached hydrogen (secondary N) is 2. The highest BCUT2D eigenvalue weighted by atomic mass is 32.1. The highest BCUT2D eigenvalue weighted by Gasteiger charge is 2.13. The summed E-state index contributed by atoms with van der Waals surface area (Å²) in [7, 11) is 0. The smallest absolute Gasteiger partial charge is 0.273 e. The lowest BCUT2D eigenvalue weighted by atomic mass is 10.3. The van der Waals surface area contributed by atoms with Gasteiger partial charge in [0, 0.05) is 19.2 Å². The third-order valence-electron chi connectivity index (χ3n) is 3.49. The summed E-state index contributed by atoms with van der Waals surface area (Å²) in [4.78, 5) is 17.5. The Balaban J connectivity index is 1.29. The van der Waals surface area contributed by atoms with E-state index in [9.17, 15) is 4.79 Å². The molecule has 0 radical (unpaired) electrons. The van der Waals surface area contributed by atoms with Crippen molar-refractivity contribution in [2.75, 3.05) is 18.4 Å². The number of carbonyl (C=O) groups is 1. The van der Waals surface area contributed by atoms with Gasteiger partial charge in [0.15, 0.2) is 16.6 Å². The molecule has 0 aliphatic carbocycles. The van der Waals surface area contributed by atoms with Crippen molar-refractivity contribution in [1.29, 1.82) is 0 Å². The molecule has 126 valence electrons. The number of amides is 1. The molecule has 4 rings (SSSR count). The van der Waals surface area contributed by atoms with Crippen LogP contribution < -0.4 is 10.6 Å². The summed E-state index contributed by atoms with van der Waals surface area (Å²) < 4.78 is 6.35. The van der Waals surface area contributed by atoms with E-state index in [4.69, 9.17) is 4.52 Å². The highest BCUT2D eigenvalue weighted by Crippen LogP contribution is 2.26. The van der Waals surface area contributed by atoms with Gasteiger partial charge in [0.05, 0.1) is 15.1 Å². The van der Waals surface area contributed by atoms with Crippen molar-refractivity contribution in [3.8, 4) is 10.6 Å². The first-order chi connectivity index (χ1) is 12.3. The third-order valence-corrected chi connectivity index (χ3v) is 5.37. The molecule has 1 aromatic carbocycles. The van der Waals surface area contributed by atoms with Gasteiger partial charge in [-0.3, -0.25) is 4.79 Å². The Morgan fingerprint density at radius 1 is 1.16 bits per heavy atom. The molecule has 3 heterocycles. The van der Waals surface area contributed by atoms with Gasteiger partial charge in [0.25, 0.3) is 5.91 Å². The number of fused-ring (bicyclic) bond motifs is 1. The van der Waals surface area contributed by atoms with Crippen molar-refractivity contribution in [3.05, 3.63) is 53.5 Å². The van der Waals surface area contributed by atoms with E-state index in [0.29, 0.717) is 18.8 Å². The predicted molar refractivity (Wildman–Crippen MR) is 100 cm³/mol. The van der Waals surface area contributed by atoms with Gasteiger partial charge in [-0.25, -0.2) is 4.98 Å². The van der Waals surface area contributed by atoms with Crippen LogP contribution in [0.3, 0.4) is 0 Å². The van der Waals surface area contributed by atoms with Crippen molar-refractivity contribution in [1.82, 2.24) is 15.5 Å². The molecule has 8 heteroatoms. The molecule has 0 spiro atoms. The fourth-order valence-corrected chi connectivity index (χ4v) is 3.87. The number of thiazole rings is 1. The van der Waals surface area contributed by atoms with E-state index in [1.165, 1.54) is 0 Å². The van der Waals surface area contributed by atoms with Crippen molar-refractivity contribution < 1.29 is 9.32 Å². The molecule has 0 atom stereocenters. The number of para-hydroxylation sites is 1. The van der Waals surface area contributed by atoms with Crippen LogP contribution in [0.25, 0.3) is 20.9 Å². The largest absolute Gasteiger partial charge is 0.360 e. The molecule has 6 nitrogen and oxygen atoms in total. The van der Waals surface area contributed by atoms with E-state index in [1.54, 1.807) is 28.7 Å². The Bertz CT molecular complexity index is 958. The average Bonchev–Trinajstić information content (AvgIpc) is 3.37. The summed E-state index contributed by atoms with van der Waals surface area (Å²) in [6, 6.07) is 13.5. The molecular formula is C17H14N4O2S2. The third kappa shape index (κ3) is 3.54. The molecule has 0 bridgehead atoms. The van der Waals surface area contributed by atoms with Crippen LogP contribution in [-0.2, 0) is 0 Å². The highest BCUT2D eigenvalue weighted by molar-refractivity contribution is 7.22. The van der Waals surface area contributed by atoms with E-state index in [2.05, 4.69) is 20.8 Å². The average molecular weight is 370 g/mol. The Morgan fingerprint density at radius 3 is 2.92 bits per heavy atom. The number of anilines is 1. The van der Waals surface area contributed by atoms with E-state index >= 15 is 0 Å². The number of aromatic nitrogens is 2. The number of hydrogen-bond acceptors (Lipinski definition) is 7. The number of hydrogen-bond donors (Lipinski definition) is 2. The summed E-state index contributed by atoms with van der Waals surface area (Å²) in [5.74, 6) is 0.352. The van der Waals surface area contributed by atoms with Crippen molar-refractivity contribution in [3.63, 3.8) is 0 Å². The summed E-state index contributed by atoms with van der Waals surface area (Å²) in [5, 5.41) is 12.7. The zero-order chi connectivity index (χ0) is 17.1. The van der Waals surface area contributed by atoms with Gasteiger partial charge in [-0.1, -0.05) is 34.7 Å². The maximum atomic E-state index is 12.1. The Morgan fingerprint density at radius 2 is 2.08 bits per heavy atom.